The summed E-state index contributed by atoms with van der Waals surface area (Å²) in [6, 6.07) is 7.76. The average molecular weight is 300 g/mol. The van der Waals surface area contributed by atoms with Crippen LogP contribution in [0, 0.1) is 3.57 Å². The summed E-state index contributed by atoms with van der Waals surface area (Å²) in [5.74, 6) is 0. The highest BCUT2D eigenvalue weighted by atomic mass is 127. The lowest BCUT2D eigenvalue weighted by molar-refractivity contribution is 1.09. The number of nitrogens with two attached hydrogens (primary N) is 1. The number of hydrogen-bond acceptors (Lipinski definition) is 1. The fraction of sp³-hybridized carbons (Fsp3) is 0.333. The van der Waals surface area contributed by atoms with Crippen molar-refractivity contribution in [3.05, 3.63) is 27.8 Å². The van der Waals surface area contributed by atoms with Gasteiger partial charge >= 0.3 is 0 Å². The summed E-state index contributed by atoms with van der Waals surface area (Å²) in [7, 11) is 0. The van der Waals surface area contributed by atoms with E-state index in [0.717, 1.165) is 5.69 Å². The Hall–Kier alpha value is 0.0400. The number of halogens is 2. The summed E-state index contributed by atoms with van der Waals surface area (Å²) in [5, 5.41) is 0. The predicted octanol–water partition coefficient (Wildman–Crippen LogP) is 3.71. The van der Waals surface area contributed by atoms with E-state index in [-0.39, 0.29) is 12.4 Å². The molecular weight excluding hydrogens is 284 g/mol. The SMILES string of the molecule is CCC.Cl.Nc1cccc(I)c1. The van der Waals surface area contributed by atoms with Crippen LogP contribution >= 0.6 is 35.0 Å². The maximum atomic E-state index is 5.45. The smallest absolute Gasteiger partial charge is 0.0324 e. The van der Waals surface area contributed by atoms with Gasteiger partial charge in [-0.3, -0.25) is 0 Å². The number of nitrogen functional groups attached to an aromatic ring is 1. The summed E-state index contributed by atoms with van der Waals surface area (Å²) < 4.78 is 1.18. The van der Waals surface area contributed by atoms with Gasteiger partial charge in [0.05, 0.1) is 0 Å². The maximum Gasteiger partial charge on any atom is 0.0324 e. The fourth-order valence-electron chi connectivity index (χ4n) is 0.507. The van der Waals surface area contributed by atoms with Gasteiger partial charge in [-0.1, -0.05) is 26.3 Å². The Morgan fingerprint density at radius 2 is 1.83 bits per heavy atom. The third-order valence-electron chi connectivity index (χ3n) is 0.849. The summed E-state index contributed by atoms with van der Waals surface area (Å²) >= 11 is 2.23. The Bertz CT molecular complexity index is 186. The molecule has 0 atom stereocenters. The minimum absolute atomic E-state index is 0. The Morgan fingerprint density at radius 1 is 1.33 bits per heavy atom. The van der Waals surface area contributed by atoms with E-state index >= 15 is 0 Å². The van der Waals surface area contributed by atoms with Crippen molar-refractivity contribution in [1.82, 2.24) is 0 Å². The van der Waals surface area contributed by atoms with E-state index in [9.17, 15) is 0 Å². The summed E-state index contributed by atoms with van der Waals surface area (Å²) in [4.78, 5) is 0. The second-order valence-corrected chi connectivity index (χ2v) is 3.51. The Labute approximate surface area is 94.3 Å². The van der Waals surface area contributed by atoms with Crippen molar-refractivity contribution in [2.45, 2.75) is 20.3 Å². The average Bonchev–Trinajstić information content (AvgIpc) is 1.88. The Morgan fingerprint density at radius 3 is 2.08 bits per heavy atom. The molecule has 0 bridgehead atoms. The molecule has 1 aromatic rings. The van der Waals surface area contributed by atoms with Gasteiger partial charge in [0.1, 0.15) is 0 Å². The highest BCUT2D eigenvalue weighted by Gasteiger charge is 1.82. The van der Waals surface area contributed by atoms with Crippen molar-refractivity contribution in [1.29, 1.82) is 0 Å². The van der Waals surface area contributed by atoms with E-state index < -0.39 is 0 Å². The van der Waals surface area contributed by atoms with E-state index in [0.29, 0.717) is 0 Å². The van der Waals surface area contributed by atoms with Gasteiger partial charge in [0.25, 0.3) is 0 Å². The molecule has 0 amide bonds. The van der Waals surface area contributed by atoms with Crippen LogP contribution in [0.2, 0.25) is 0 Å². The van der Waals surface area contributed by atoms with Crippen LogP contribution in [0.25, 0.3) is 0 Å². The predicted molar refractivity (Wildman–Crippen MR) is 66.8 cm³/mol. The Balaban J connectivity index is 0. The number of benzene rings is 1. The molecule has 70 valence electrons. The van der Waals surface area contributed by atoms with Crippen LogP contribution in [-0.4, -0.2) is 0 Å². The standard InChI is InChI=1S/C6H6IN.C3H8.ClH/c7-5-2-1-3-6(8)4-5;1-3-2;/h1-4H,8H2;3H2,1-2H3;1H. The van der Waals surface area contributed by atoms with Gasteiger partial charge in [-0.2, -0.15) is 0 Å². The monoisotopic (exact) mass is 299 g/mol. The van der Waals surface area contributed by atoms with Gasteiger partial charge in [0.15, 0.2) is 0 Å². The molecule has 0 saturated carbocycles. The molecule has 0 saturated heterocycles. The van der Waals surface area contributed by atoms with E-state index in [1.54, 1.807) is 0 Å². The molecule has 0 aliphatic rings. The Kier molecular flexibility index (Phi) is 11.1. The van der Waals surface area contributed by atoms with Crippen LogP contribution in [-0.2, 0) is 0 Å². The molecule has 1 rings (SSSR count). The van der Waals surface area contributed by atoms with Gasteiger partial charge in [-0.15, -0.1) is 12.4 Å². The molecule has 0 radical (unpaired) electrons. The van der Waals surface area contributed by atoms with E-state index in [4.69, 9.17) is 5.73 Å². The van der Waals surface area contributed by atoms with E-state index in [1.165, 1.54) is 9.99 Å². The zero-order valence-electron chi connectivity index (χ0n) is 7.38. The van der Waals surface area contributed by atoms with Crippen molar-refractivity contribution in [3.63, 3.8) is 0 Å². The van der Waals surface area contributed by atoms with Crippen LogP contribution < -0.4 is 5.73 Å². The largest absolute Gasteiger partial charge is 0.399 e. The van der Waals surface area contributed by atoms with Gasteiger partial charge in [-0.25, -0.2) is 0 Å². The highest BCUT2D eigenvalue weighted by molar-refractivity contribution is 14.1. The first kappa shape index (κ1) is 14.6. The molecule has 0 spiro atoms. The lowest BCUT2D eigenvalue weighted by atomic mass is 10.3. The second-order valence-electron chi connectivity index (χ2n) is 2.26. The molecule has 0 aliphatic carbocycles. The van der Waals surface area contributed by atoms with Gasteiger partial charge in [0, 0.05) is 9.26 Å². The molecule has 0 heterocycles. The molecule has 12 heavy (non-hydrogen) atoms. The highest BCUT2D eigenvalue weighted by Crippen LogP contribution is 2.07. The minimum atomic E-state index is 0. The van der Waals surface area contributed by atoms with E-state index in [2.05, 4.69) is 36.4 Å². The molecule has 0 aliphatic heterocycles. The fourth-order valence-corrected chi connectivity index (χ4v) is 1.07. The topological polar surface area (TPSA) is 26.0 Å². The lowest BCUT2D eigenvalue weighted by Crippen LogP contribution is -1.82. The molecule has 1 nitrogen and oxygen atoms in total. The van der Waals surface area contributed by atoms with Crippen molar-refractivity contribution >= 4 is 40.7 Å². The summed E-state index contributed by atoms with van der Waals surface area (Å²) in [5.41, 5.74) is 6.28. The zero-order valence-corrected chi connectivity index (χ0v) is 10.4. The van der Waals surface area contributed by atoms with Crippen molar-refractivity contribution < 1.29 is 0 Å². The first-order valence-corrected chi connectivity index (χ1v) is 4.79. The summed E-state index contributed by atoms with van der Waals surface area (Å²) in [6.07, 6.45) is 1.25. The van der Waals surface area contributed by atoms with Crippen LogP contribution in [0.3, 0.4) is 0 Å². The van der Waals surface area contributed by atoms with Crippen LogP contribution in [0.5, 0.6) is 0 Å². The van der Waals surface area contributed by atoms with E-state index in [1.807, 2.05) is 24.3 Å². The molecule has 0 unspecified atom stereocenters. The maximum absolute atomic E-state index is 5.45. The third kappa shape index (κ3) is 8.14. The molecular formula is C9H15ClIN. The van der Waals surface area contributed by atoms with Crippen LogP contribution in [0.4, 0.5) is 5.69 Å². The number of rotatable bonds is 0. The van der Waals surface area contributed by atoms with Crippen LogP contribution in [0.1, 0.15) is 20.3 Å². The first-order valence-electron chi connectivity index (χ1n) is 3.71. The van der Waals surface area contributed by atoms with Gasteiger partial charge in [-0.05, 0) is 40.8 Å². The molecule has 0 aromatic heterocycles. The minimum Gasteiger partial charge on any atom is -0.399 e. The molecule has 1 aromatic carbocycles. The second kappa shape index (κ2) is 9.13. The molecule has 2 N–H and O–H groups in total. The number of anilines is 1. The van der Waals surface area contributed by atoms with Crippen molar-refractivity contribution in [2.24, 2.45) is 0 Å². The molecule has 3 heteroatoms. The van der Waals surface area contributed by atoms with Crippen molar-refractivity contribution in [2.75, 3.05) is 5.73 Å². The van der Waals surface area contributed by atoms with Crippen LogP contribution in [0.15, 0.2) is 24.3 Å². The molecule has 0 fully saturated rings. The first-order chi connectivity index (χ1) is 5.20. The van der Waals surface area contributed by atoms with Gasteiger partial charge < -0.3 is 5.73 Å². The normalized spacial score (nSPS) is 7.58. The summed E-state index contributed by atoms with van der Waals surface area (Å²) in [6.45, 7) is 4.25. The quantitative estimate of drug-likeness (QED) is 0.573. The zero-order chi connectivity index (χ0) is 8.69. The third-order valence-corrected chi connectivity index (χ3v) is 1.52. The van der Waals surface area contributed by atoms with Crippen molar-refractivity contribution in [3.8, 4) is 0 Å². The van der Waals surface area contributed by atoms with Gasteiger partial charge in [0.2, 0.25) is 0 Å². The number of hydrogen-bond donors (Lipinski definition) is 1. The lowest BCUT2D eigenvalue weighted by Gasteiger charge is -1.89.